The number of hydrogen-bond donors (Lipinski definition) is 2. The van der Waals surface area contributed by atoms with Crippen LogP contribution in [0.5, 0.6) is 0 Å². The third-order valence-corrected chi connectivity index (χ3v) is 2.23. The van der Waals surface area contributed by atoms with Gasteiger partial charge in [-0.2, -0.15) is 0 Å². The van der Waals surface area contributed by atoms with Crippen molar-refractivity contribution in [2.24, 2.45) is 11.7 Å². The van der Waals surface area contributed by atoms with Crippen molar-refractivity contribution in [1.82, 2.24) is 10.4 Å². The summed E-state index contributed by atoms with van der Waals surface area (Å²) in [6.07, 6.45) is 0.494. The topological polar surface area (TPSA) is 67.6 Å². The van der Waals surface area contributed by atoms with Gasteiger partial charge in [-0.15, -0.1) is 12.4 Å². The Hall–Kier alpha value is -0.360. The third kappa shape index (κ3) is 5.94. The van der Waals surface area contributed by atoms with Gasteiger partial charge in [0.05, 0.1) is 13.2 Å². The van der Waals surface area contributed by atoms with Gasteiger partial charge in [0.1, 0.15) is 0 Å². The van der Waals surface area contributed by atoms with Crippen LogP contribution in [0.25, 0.3) is 0 Å². The SMILES string of the molecule is C[C@H](CN)CC(=O)NN1CCOCC1.Cl. The summed E-state index contributed by atoms with van der Waals surface area (Å²) in [5.41, 5.74) is 8.28. The molecule has 0 spiro atoms. The average Bonchev–Trinajstić information content (AvgIpc) is 2.19. The third-order valence-electron chi connectivity index (χ3n) is 2.23. The van der Waals surface area contributed by atoms with Crippen molar-refractivity contribution in [2.45, 2.75) is 13.3 Å². The number of carbonyl (C=O) groups excluding carboxylic acids is 1. The summed E-state index contributed by atoms with van der Waals surface area (Å²) >= 11 is 0. The minimum Gasteiger partial charge on any atom is -0.379 e. The van der Waals surface area contributed by atoms with Crippen LogP contribution < -0.4 is 11.2 Å². The molecule has 3 N–H and O–H groups in total. The highest BCUT2D eigenvalue weighted by molar-refractivity contribution is 5.85. The highest BCUT2D eigenvalue weighted by atomic mass is 35.5. The number of hydrogen-bond acceptors (Lipinski definition) is 4. The van der Waals surface area contributed by atoms with Gasteiger partial charge in [0.15, 0.2) is 0 Å². The first-order chi connectivity index (χ1) is 6.72. The lowest BCUT2D eigenvalue weighted by Gasteiger charge is -2.27. The van der Waals surface area contributed by atoms with Gasteiger partial charge in [-0.1, -0.05) is 6.92 Å². The maximum Gasteiger partial charge on any atom is 0.234 e. The minimum atomic E-state index is 0. The first-order valence-electron chi connectivity index (χ1n) is 5.04. The van der Waals surface area contributed by atoms with Crippen molar-refractivity contribution in [2.75, 3.05) is 32.8 Å². The summed E-state index contributed by atoms with van der Waals surface area (Å²) in [4.78, 5) is 11.4. The van der Waals surface area contributed by atoms with E-state index in [4.69, 9.17) is 10.5 Å². The van der Waals surface area contributed by atoms with Gasteiger partial charge in [0, 0.05) is 19.5 Å². The molecule has 1 rings (SSSR count). The molecule has 0 saturated carbocycles. The van der Waals surface area contributed by atoms with Crippen LogP contribution in [0.1, 0.15) is 13.3 Å². The molecule has 1 aliphatic heterocycles. The number of morpholine rings is 1. The number of rotatable bonds is 4. The standard InChI is InChI=1S/C9H19N3O2.ClH/c1-8(7-10)6-9(13)11-12-2-4-14-5-3-12;/h8H,2-7,10H2,1H3,(H,11,13);1H/t8-;/m0./s1. The predicted molar refractivity (Wildman–Crippen MR) is 60.6 cm³/mol. The Bertz CT molecular complexity index is 186. The van der Waals surface area contributed by atoms with Gasteiger partial charge in [-0.3, -0.25) is 10.2 Å². The lowest BCUT2D eigenvalue weighted by atomic mass is 10.1. The molecule has 0 aliphatic carbocycles. The van der Waals surface area contributed by atoms with Crippen molar-refractivity contribution < 1.29 is 9.53 Å². The van der Waals surface area contributed by atoms with Crippen molar-refractivity contribution in [3.63, 3.8) is 0 Å². The smallest absolute Gasteiger partial charge is 0.234 e. The van der Waals surface area contributed by atoms with Gasteiger partial charge in [0.2, 0.25) is 5.91 Å². The van der Waals surface area contributed by atoms with E-state index >= 15 is 0 Å². The van der Waals surface area contributed by atoms with Crippen molar-refractivity contribution in [3.05, 3.63) is 0 Å². The molecular weight excluding hydrogens is 218 g/mol. The molecule has 6 heteroatoms. The molecule has 0 radical (unpaired) electrons. The van der Waals surface area contributed by atoms with E-state index in [0.29, 0.717) is 26.2 Å². The summed E-state index contributed by atoms with van der Waals surface area (Å²) in [7, 11) is 0. The zero-order valence-electron chi connectivity index (χ0n) is 9.07. The molecule has 90 valence electrons. The monoisotopic (exact) mass is 237 g/mol. The fourth-order valence-electron chi connectivity index (χ4n) is 1.30. The molecule has 15 heavy (non-hydrogen) atoms. The molecule has 5 nitrogen and oxygen atoms in total. The number of amides is 1. The Balaban J connectivity index is 0.00000196. The van der Waals surface area contributed by atoms with E-state index in [1.165, 1.54) is 0 Å². The zero-order chi connectivity index (χ0) is 10.4. The van der Waals surface area contributed by atoms with E-state index in [1.807, 2.05) is 11.9 Å². The number of nitrogens with two attached hydrogens (primary N) is 1. The van der Waals surface area contributed by atoms with E-state index in [1.54, 1.807) is 0 Å². The molecule has 0 aromatic carbocycles. The molecule has 0 aromatic heterocycles. The molecule has 1 atom stereocenters. The maximum absolute atomic E-state index is 11.4. The number of hydrazine groups is 1. The summed E-state index contributed by atoms with van der Waals surface area (Å²) in [5, 5.41) is 1.90. The van der Waals surface area contributed by atoms with Crippen LogP contribution in [0.15, 0.2) is 0 Å². The Labute approximate surface area is 96.7 Å². The normalized spacial score (nSPS) is 19.1. The van der Waals surface area contributed by atoms with Crippen LogP contribution >= 0.6 is 12.4 Å². The second-order valence-corrected chi connectivity index (χ2v) is 3.68. The van der Waals surface area contributed by atoms with Crippen LogP contribution in [-0.4, -0.2) is 43.8 Å². The molecule has 1 aliphatic rings. The fraction of sp³-hybridized carbons (Fsp3) is 0.889. The summed E-state index contributed by atoms with van der Waals surface area (Å²) in [5.74, 6) is 0.292. The van der Waals surface area contributed by atoms with E-state index in [0.717, 1.165) is 13.1 Å². The average molecular weight is 238 g/mol. The summed E-state index contributed by atoms with van der Waals surface area (Å²) in [6, 6.07) is 0. The Morgan fingerprint density at radius 1 is 1.53 bits per heavy atom. The number of halogens is 1. The predicted octanol–water partition coefficient (Wildman–Crippen LogP) is -0.243. The molecule has 0 unspecified atom stereocenters. The first kappa shape index (κ1) is 14.6. The highest BCUT2D eigenvalue weighted by Crippen LogP contribution is 1.99. The lowest BCUT2D eigenvalue weighted by Crippen LogP contribution is -2.48. The maximum atomic E-state index is 11.4. The molecule has 1 heterocycles. The second-order valence-electron chi connectivity index (χ2n) is 3.68. The Morgan fingerprint density at radius 3 is 2.67 bits per heavy atom. The van der Waals surface area contributed by atoms with Crippen LogP contribution in [0.3, 0.4) is 0 Å². The van der Waals surface area contributed by atoms with Crippen molar-refractivity contribution in [3.8, 4) is 0 Å². The summed E-state index contributed by atoms with van der Waals surface area (Å²) in [6.45, 7) is 5.43. The molecule has 1 saturated heterocycles. The number of ether oxygens (including phenoxy) is 1. The largest absolute Gasteiger partial charge is 0.379 e. The van der Waals surface area contributed by atoms with Crippen molar-refractivity contribution in [1.29, 1.82) is 0 Å². The van der Waals surface area contributed by atoms with E-state index < -0.39 is 0 Å². The summed E-state index contributed by atoms with van der Waals surface area (Å²) < 4.78 is 5.17. The van der Waals surface area contributed by atoms with Crippen LogP contribution in [0, 0.1) is 5.92 Å². The minimum absolute atomic E-state index is 0. The number of nitrogens with one attached hydrogen (secondary N) is 1. The van der Waals surface area contributed by atoms with Gasteiger partial charge in [0.25, 0.3) is 0 Å². The van der Waals surface area contributed by atoms with E-state index in [-0.39, 0.29) is 24.2 Å². The van der Waals surface area contributed by atoms with Gasteiger partial charge in [-0.05, 0) is 12.5 Å². The van der Waals surface area contributed by atoms with E-state index in [2.05, 4.69) is 5.43 Å². The highest BCUT2D eigenvalue weighted by Gasteiger charge is 2.14. The van der Waals surface area contributed by atoms with E-state index in [9.17, 15) is 4.79 Å². The first-order valence-corrected chi connectivity index (χ1v) is 5.04. The fourth-order valence-corrected chi connectivity index (χ4v) is 1.30. The van der Waals surface area contributed by atoms with Gasteiger partial charge in [-0.25, -0.2) is 5.01 Å². The number of carbonyl (C=O) groups is 1. The van der Waals surface area contributed by atoms with Crippen LogP contribution in [0.4, 0.5) is 0 Å². The molecule has 0 bridgehead atoms. The molecule has 1 amide bonds. The number of nitrogens with zero attached hydrogens (tertiary/aromatic N) is 1. The lowest BCUT2D eigenvalue weighted by molar-refractivity contribution is -0.128. The molecular formula is C9H20ClN3O2. The molecule has 0 aromatic rings. The quantitative estimate of drug-likeness (QED) is 0.708. The Kier molecular flexibility index (Phi) is 7.68. The van der Waals surface area contributed by atoms with Gasteiger partial charge >= 0.3 is 0 Å². The van der Waals surface area contributed by atoms with Crippen LogP contribution in [0.2, 0.25) is 0 Å². The van der Waals surface area contributed by atoms with Crippen LogP contribution in [-0.2, 0) is 9.53 Å². The second kappa shape index (κ2) is 7.87. The van der Waals surface area contributed by atoms with Crippen molar-refractivity contribution >= 4 is 18.3 Å². The Morgan fingerprint density at radius 2 is 2.13 bits per heavy atom. The van der Waals surface area contributed by atoms with Gasteiger partial charge < -0.3 is 10.5 Å². The zero-order valence-corrected chi connectivity index (χ0v) is 9.89. The molecule has 1 fully saturated rings.